The zero-order valence-electron chi connectivity index (χ0n) is 13.6. The fourth-order valence-electron chi connectivity index (χ4n) is 2.21. The number of carboxylic acids is 1. The summed E-state index contributed by atoms with van der Waals surface area (Å²) in [5, 5.41) is 11.7. The van der Waals surface area contributed by atoms with Crippen molar-refractivity contribution < 1.29 is 14.7 Å². The van der Waals surface area contributed by atoms with E-state index in [1.807, 2.05) is 44.2 Å². The van der Waals surface area contributed by atoms with Crippen LogP contribution in [0.2, 0.25) is 0 Å². The third-order valence-electron chi connectivity index (χ3n) is 3.29. The van der Waals surface area contributed by atoms with Gasteiger partial charge in [-0.3, -0.25) is 4.79 Å². The Morgan fingerprint density at radius 2 is 1.91 bits per heavy atom. The molecule has 1 rings (SSSR count). The second-order valence-corrected chi connectivity index (χ2v) is 7.56. The van der Waals surface area contributed by atoms with Gasteiger partial charge in [0.25, 0.3) is 0 Å². The predicted octanol–water partition coefficient (Wildman–Crippen LogP) is 2.88. The Kier molecular flexibility index (Phi) is 9.17. The summed E-state index contributed by atoms with van der Waals surface area (Å²) in [6.07, 6.45) is 1.01. The molecular formula is C17H25NO3S2. The summed E-state index contributed by atoms with van der Waals surface area (Å²) >= 11 is 5.71. The van der Waals surface area contributed by atoms with Gasteiger partial charge in [0.2, 0.25) is 5.91 Å². The van der Waals surface area contributed by atoms with Crippen LogP contribution in [0, 0.1) is 5.92 Å². The van der Waals surface area contributed by atoms with Gasteiger partial charge in [-0.25, -0.2) is 4.79 Å². The topological polar surface area (TPSA) is 66.4 Å². The molecule has 2 N–H and O–H groups in total. The molecule has 2 atom stereocenters. The molecule has 0 unspecified atom stereocenters. The summed E-state index contributed by atoms with van der Waals surface area (Å²) in [6.45, 7) is 3.89. The van der Waals surface area contributed by atoms with Crippen molar-refractivity contribution >= 4 is 36.3 Å². The van der Waals surface area contributed by atoms with E-state index in [9.17, 15) is 14.7 Å². The van der Waals surface area contributed by atoms with Crippen LogP contribution in [-0.4, -0.2) is 39.8 Å². The lowest BCUT2D eigenvalue weighted by Crippen LogP contribution is -2.46. The Morgan fingerprint density at radius 3 is 2.43 bits per heavy atom. The highest BCUT2D eigenvalue weighted by atomic mass is 32.2. The van der Waals surface area contributed by atoms with Crippen LogP contribution in [0.5, 0.6) is 0 Å². The molecule has 0 radical (unpaired) electrons. The highest BCUT2D eigenvalue weighted by Crippen LogP contribution is 2.18. The van der Waals surface area contributed by atoms with Crippen LogP contribution in [0.1, 0.15) is 25.8 Å². The SMILES string of the molecule is CC(C)C[C@H](NC(=O)[C@H](Cc1ccccc1)SCCS)C(=O)O. The molecule has 0 heterocycles. The molecular weight excluding hydrogens is 330 g/mol. The number of thioether (sulfide) groups is 1. The monoisotopic (exact) mass is 355 g/mol. The zero-order chi connectivity index (χ0) is 17.2. The number of nitrogens with one attached hydrogen (secondary N) is 1. The molecule has 0 aliphatic rings. The first-order chi connectivity index (χ1) is 10.9. The number of hydrogen-bond acceptors (Lipinski definition) is 4. The van der Waals surface area contributed by atoms with Crippen LogP contribution in [0.3, 0.4) is 0 Å². The largest absolute Gasteiger partial charge is 0.480 e. The minimum Gasteiger partial charge on any atom is -0.480 e. The molecule has 0 bridgehead atoms. The second kappa shape index (κ2) is 10.6. The van der Waals surface area contributed by atoms with Gasteiger partial charge in [0.1, 0.15) is 6.04 Å². The maximum atomic E-state index is 12.5. The molecule has 1 aromatic rings. The fraction of sp³-hybridized carbons (Fsp3) is 0.529. The van der Waals surface area contributed by atoms with Crippen molar-refractivity contribution in [3.8, 4) is 0 Å². The Morgan fingerprint density at radius 1 is 1.26 bits per heavy atom. The maximum Gasteiger partial charge on any atom is 0.326 e. The minimum atomic E-state index is -0.982. The molecule has 1 amide bonds. The lowest BCUT2D eigenvalue weighted by Gasteiger charge is -2.21. The molecule has 0 saturated heterocycles. The summed E-state index contributed by atoms with van der Waals surface area (Å²) in [5.41, 5.74) is 1.06. The number of hydrogen-bond donors (Lipinski definition) is 3. The number of aliphatic carboxylic acids is 1. The summed E-state index contributed by atoms with van der Waals surface area (Å²) < 4.78 is 0. The van der Waals surface area contributed by atoms with Crippen molar-refractivity contribution in [2.24, 2.45) is 5.92 Å². The van der Waals surface area contributed by atoms with Crippen molar-refractivity contribution in [2.45, 2.75) is 38.0 Å². The number of amides is 1. The molecule has 0 aliphatic heterocycles. The molecule has 0 aliphatic carbocycles. The molecule has 0 aromatic heterocycles. The number of rotatable bonds is 10. The van der Waals surface area contributed by atoms with Gasteiger partial charge in [0.05, 0.1) is 5.25 Å². The number of benzene rings is 1. The molecule has 0 spiro atoms. The quantitative estimate of drug-likeness (QED) is 0.565. The Hall–Kier alpha value is -1.14. The number of carbonyl (C=O) groups is 2. The molecule has 0 fully saturated rings. The van der Waals surface area contributed by atoms with Crippen molar-refractivity contribution in [1.29, 1.82) is 0 Å². The lowest BCUT2D eigenvalue weighted by molar-refractivity contribution is -0.142. The maximum absolute atomic E-state index is 12.5. The van der Waals surface area contributed by atoms with Crippen LogP contribution < -0.4 is 5.32 Å². The molecule has 6 heteroatoms. The van der Waals surface area contributed by atoms with Crippen molar-refractivity contribution in [3.63, 3.8) is 0 Å². The van der Waals surface area contributed by atoms with E-state index in [-0.39, 0.29) is 17.1 Å². The van der Waals surface area contributed by atoms with Gasteiger partial charge in [-0.15, -0.1) is 11.8 Å². The van der Waals surface area contributed by atoms with E-state index >= 15 is 0 Å². The number of carboxylic acid groups (broad SMARTS) is 1. The van der Waals surface area contributed by atoms with Crippen LogP contribution in [0.4, 0.5) is 0 Å². The van der Waals surface area contributed by atoms with Crippen LogP contribution in [0.15, 0.2) is 30.3 Å². The Bertz CT molecular complexity index is 494. The molecule has 4 nitrogen and oxygen atoms in total. The van der Waals surface area contributed by atoms with E-state index in [2.05, 4.69) is 17.9 Å². The van der Waals surface area contributed by atoms with Crippen molar-refractivity contribution in [3.05, 3.63) is 35.9 Å². The van der Waals surface area contributed by atoms with E-state index in [1.54, 1.807) is 0 Å². The minimum absolute atomic E-state index is 0.203. The van der Waals surface area contributed by atoms with Crippen LogP contribution in [-0.2, 0) is 16.0 Å². The van der Waals surface area contributed by atoms with Gasteiger partial charge in [0, 0.05) is 5.75 Å². The average Bonchev–Trinajstić information content (AvgIpc) is 2.51. The van der Waals surface area contributed by atoms with Crippen molar-refractivity contribution in [2.75, 3.05) is 11.5 Å². The van der Waals surface area contributed by atoms with Gasteiger partial charge in [-0.1, -0.05) is 44.2 Å². The molecule has 128 valence electrons. The number of thiol groups is 1. The van der Waals surface area contributed by atoms with Crippen LogP contribution >= 0.6 is 24.4 Å². The average molecular weight is 356 g/mol. The van der Waals surface area contributed by atoms with Gasteiger partial charge in [-0.05, 0) is 30.1 Å². The first-order valence-corrected chi connectivity index (χ1v) is 9.41. The van der Waals surface area contributed by atoms with E-state index in [0.29, 0.717) is 18.6 Å². The van der Waals surface area contributed by atoms with Crippen molar-refractivity contribution in [1.82, 2.24) is 5.32 Å². The lowest BCUT2D eigenvalue weighted by atomic mass is 10.0. The molecule has 1 aromatic carbocycles. The van der Waals surface area contributed by atoms with Crippen LogP contribution in [0.25, 0.3) is 0 Å². The summed E-state index contributed by atoms with van der Waals surface area (Å²) in [4.78, 5) is 23.9. The van der Waals surface area contributed by atoms with Gasteiger partial charge >= 0.3 is 5.97 Å². The predicted molar refractivity (Wildman–Crippen MR) is 99.3 cm³/mol. The highest BCUT2D eigenvalue weighted by molar-refractivity contribution is 8.01. The number of carbonyl (C=O) groups excluding carboxylic acids is 1. The smallest absolute Gasteiger partial charge is 0.326 e. The van der Waals surface area contributed by atoms with Gasteiger partial charge < -0.3 is 10.4 Å². The van der Waals surface area contributed by atoms with E-state index < -0.39 is 12.0 Å². The standard InChI is InChI=1S/C17H25NO3S2/c1-12(2)10-14(17(20)21)18-16(19)15(23-9-8-22)11-13-6-4-3-5-7-13/h3-7,12,14-15,22H,8-11H2,1-2H3,(H,18,19)(H,20,21)/t14-,15-/m0/s1. The first kappa shape index (κ1) is 19.9. The first-order valence-electron chi connectivity index (χ1n) is 7.73. The third kappa shape index (κ3) is 7.79. The summed E-state index contributed by atoms with van der Waals surface area (Å²) in [7, 11) is 0. The van der Waals surface area contributed by atoms with E-state index in [4.69, 9.17) is 0 Å². The molecule has 23 heavy (non-hydrogen) atoms. The van der Waals surface area contributed by atoms with Gasteiger partial charge in [-0.2, -0.15) is 12.6 Å². The van der Waals surface area contributed by atoms with Gasteiger partial charge in [0.15, 0.2) is 0 Å². The summed E-state index contributed by atoms with van der Waals surface area (Å²) in [6, 6.07) is 8.92. The second-order valence-electron chi connectivity index (χ2n) is 5.80. The van der Waals surface area contributed by atoms with E-state index in [1.165, 1.54) is 11.8 Å². The highest BCUT2D eigenvalue weighted by Gasteiger charge is 2.26. The summed E-state index contributed by atoms with van der Waals surface area (Å²) in [5.74, 6) is 0.431. The Labute approximate surface area is 147 Å². The Balaban J connectivity index is 2.75. The fourth-order valence-corrected chi connectivity index (χ4v) is 3.44. The normalized spacial score (nSPS) is 13.6. The van der Waals surface area contributed by atoms with E-state index in [0.717, 1.165) is 11.3 Å². The zero-order valence-corrected chi connectivity index (χ0v) is 15.3. The third-order valence-corrected chi connectivity index (χ3v) is 5.04. The molecule has 0 saturated carbocycles.